The van der Waals surface area contributed by atoms with Gasteiger partial charge >= 0.3 is 6.16 Å². The molecule has 0 aliphatic carbocycles. The van der Waals surface area contributed by atoms with Crippen LogP contribution in [0, 0.1) is 13.8 Å². The minimum atomic E-state index is -1.83. The van der Waals surface area contributed by atoms with Crippen LogP contribution in [-0.2, 0) is 0 Å². The van der Waals surface area contributed by atoms with Gasteiger partial charge in [0.05, 0.1) is 0 Å². The molecule has 0 aliphatic rings. The number of carbonyl (C=O) groups is 1. The van der Waals surface area contributed by atoms with E-state index in [1.807, 2.05) is 13.8 Å². The molecule has 0 spiro atoms. The molecule has 0 unspecified atom stereocenters. The molecule has 62 valence electrons. The minimum Gasteiger partial charge on any atom is -0.450 e. The largest absolute Gasteiger partial charge is 0.503 e. The number of aromatic amines is 1. The van der Waals surface area contributed by atoms with E-state index in [1.165, 1.54) is 11.4 Å². The molecule has 1 aromatic rings. The van der Waals surface area contributed by atoms with Gasteiger partial charge in [-0.1, -0.05) is 0 Å². The Balaban J connectivity index is 0.000000218. The lowest BCUT2D eigenvalue weighted by atomic mass is 10.5. The van der Waals surface area contributed by atoms with Crippen molar-refractivity contribution in [3.05, 3.63) is 23.5 Å². The molecular weight excluding hydrogens is 146 g/mol. The Morgan fingerprint density at radius 2 is 1.55 bits per heavy atom. The first-order chi connectivity index (χ1) is 5.02. The van der Waals surface area contributed by atoms with E-state index in [4.69, 9.17) is 15.0 Å². The van der Waals surface area contributed by atoms with E-state index in [0.717, 1.165) is 0 Å². The van der Waals surface area contributed by atoms with Crippen LogP contribution in [0.3, 0.4) is 0 Å². The third-order valence-electron chi connectivity index (χ3n) is 0.978. The zero-order chi connectivity index (χ0) is 8.85. The molecule has 1 heterocycles. The topological polar surface area (TPSA) is 73.3 Å². The molecule has 0 saturated heterocycles. The van der Waals surface area contributed by atoms with Crippen LogP contribution in [0.5, 0.6) is 0 Å². The Kier molecular flexibility index (Phi) is 3.80. The van der Waals surface area contributed by atoms with Crippen LogP contribution >= 0.6 is 0 Å². The summed E-state index contributed by atoms with van der Waals surface area (Å²) in [5.41, 5.74) is 2.47. The van der Waals surface area contributed by atoms with Crippen molar-refractivity contribution >= 4 is 6.16 Å². The summed E-state index contributed by atoms with van der Waals surface area (Å²) in [5, 5.41) is 13.9. The molecule has 4 nitrogen and oxygen atoms in total. The molecule has 0 atom stereocenters. The molecular formula is C7H11NO3. The lowest BCUT2D eigenvalue weighted by Crippen LogP contribution is -1.81. The van der Waals surface area contributed by atoms with Crippen molar-refractivity contribution in [3.8, 4) is 0 Å². The van der Waals surface area contributed by atoms with Crippen molar-refractivity contribution < 1.29 is 15.0 Å². The summed E-state index contributed by atoms with van der Waals surface area (Å²) < 4.78 is 0. The van der Waals surface area contributed by atoms with Crippen molar-refractivity contribution in [1.29, 1.82) is 0 Å². The SMILES string of the molecule is Cc1ccc(C)[nH]1.O=C(O)O. The summed E-state index contributed by atoms with van der Waals surface area (Å²) >= 11 is 0. The Bertz CT molecular complexity index is 209. The van der Waals surface area contributed by atoms with Crippen LogP contribution in [0.4, 0.5) is 4.79 Å². The highest BCUT2D eigenvalue weighted by atomic mass is 16.6. The number of hydrogen-bond acceptors (Lipinski definition) is 1. The summed E-state index contributed by atoms with van der Waals surface area (Å²) in [4.78, 5) is 11.7. The van der Waals surface area contributed by atoms with Gasteiger partial charge in [-0.05, 0) is 26.0 Å². The van der Waals surface area contributed by atoms with E-state index in [2.05, 4.69) is 17.1 Å². The standard InChI is InChI=1S/C6H9N.CH2O3/c1-5-3-4-6(2)7-5;2-1(3)4/h3-4,7H,1-2H3;(H2,2,3,4). The van der Waals surface area contributed by atoms with E-state index in [1.54, 1.807) is 0 Å². The van der Waals surface area contributed by atoms with Gasteiger partial charge in [0.15, 0.2) is 0 Å². The van der Waals surface area contributed by atoms with Crippen molar-refractivity contribution in [3.63, 3.8) is 0 Å². The van der Waals surface area contributed by atoms with Crippen molar-refractivity contribution in [1.82, 2.24) is 4.98 Å². The maximum Gasteiger partial charge on any atom is 0.503 e. The van der Waals surface area contributed by atoms with Gasteiger partial charge in [-0.25, -0.2) is 4.79 Å². The van der Waals surface area contributed by atoms with Crippen LogP contribution in [0.15, 0.2) is 12.1 Å². The van der Waals surface area contributed by atoms with Crippen LogP contribution in [0.1, 0.15) is 11.4 Å². The number of aromatic nitrogens is 1. The number of H-pyrrole nitrogens is 1. The fourth-order valence-electron chi connectivity index (χ4n) is 0.644. The summed E-state index contributed by atoms with van der Waals surface area (Å²) in [7, 11) is 0. The molecule has 1 rings (SSSR count). The van der Waals surface area contributed by atoms with E-state index >= 15 is 0 Å². The molecule has 11 heavy (non-hydrogen) atoms. The lowest BCUT2D eigenvalue weighted by Gasteiger charge is -1.77. The molecule has 1 aromatic heterocycles. The van der Waals surface area contributed by atoms with E-state index in [0.29, 0.717) is 0 Å². The average molecular weight is 157 g/mol. The van der Waals surface area contributed by atoms with Crippen molar-refractivity contribution in [2.24, 2.45) is 0 Å². The maximum atomic E-state index is 8.56. The third kappa shape index (κ3) is 6.44. The monoisotopic (exact) mass is 157 g/mol. The highest BCUT2D eigenvalue weighted by Gasteiger charge is 1.82. The fourth-order valence-corrected chi connectivity index (χ4v) is 0.644. The Morgan fingerprint density at radius 3 is 1.64 bits per heavy atom. The Labute approximate surface area is 64.5 Å². The first-order valence-electron chi connectivity index (χ1n) is 3.06. The first kappa shape index (κ1) is 9.55. The molecule has 0 radical (unpaired) electrons. The highest BCUT2D eigenvalue weighted by Crippen LogP contribution is 1.95. The highest BCUT2D eigenvalue weighted by molar-refractivity contribution is 5.53. The molecule has 4 heteroatoms. The van der Waals surface area contributed by atoms with Gasteiger partial charge in [0.1, 0.15) is 0 Å². The summed E-state index contributed by atoms with van der Waals surface area (Å²) in [6, 6.07) is 4.13. The van der Waals surface area contributed by atoms with Crippen LogP contribution in [0.2, 0.25) is 0 Å². The second kappa shape index (κ2) is 4.38. The molecule has 0 saturated carbocycles. The van der Waals surface area contributed by atoms with Gasteiger partial charge in [-0.2, -0.15) is 0 Å². The van der Waals surface area contributed by atoms with Crippen LogP contribution in [0.25, 0.3) is 0 Å². The molecule has 0 bridgehead atoms. The van der Waals surface area contributed by atoms with Gasteiger partial charge in [0.2, 0.25) is 0 Å². The van der Waals surface area contributed by atoms with Gasteiger partial charge in [0, 0.05) is 11.4 Å². The second-order valence-corrected chi connectivity index (χ2v) is 2.11. The number of nitrogens with one attached hydrogen (secondary N) is 1. The number of carboxylic acid groups (broad SMARTS) is 2. The van der Waals surface area contributed by atoms with Gasteiger partial charge in [0.25, 0.3) is 0 Å². The van der Waals surface area contributed by atoms with Crippen molar-refractivity contribution in [2.45, 2.75) is 13.8 Å². The zero-order valence-electron chi connectivity index (χ0n) is 6.46. The second-order valence-electron chi connectivity index (χ2n) is 2.11. The minimum absolute atomic E-state index is 1.23. The average Bonchev–Trinajstić information content (AvgIpc) is 2.13. The molecule has 0 amide bonds. The van der Waals surface area contributed by atoms with E-state index < -0.39 is 6.16 Å². The summed E-state index contributed by atoms with van der Waals surface area (Å²) in [5.74, 6) is 0. The van der Waals surface area contributed by atoms with Crippen molar-refractivity contribution in [2.75, 3.05) is 0 Å². The first-order valence-corrected chi connectivity index (χ1v) is 3.06. The summed E-state index contributed by atoms with van der Waals surface area (Å²) in [6.45, 7) is 4.10. The molecule has 0 fully saturated rings. The zero-order valence-corrected chi connectivity index (χ0v) is 6.46. The van der Waals surface area contributed by atoms with Gasteiger partial charge < -0.3 is 15.2 Å². The number of aryl methyl sites for hydroxylation is 2. The normalized spacial score (nSPS) is 8.18. The van der Waals surface area contributed by atoms with Crippen LogP contribution < -0.4 is 0 Å². The number of hydrogen-bond donors (Lipinski definition) is 3. The van der Waals surface area contributed by atoms with Gasteiger partial charge in [-0.3, -0.25) is 0 Å². The van der Waals surface area contributed by atoms with E-state index in [9.17, 15) is 0 Å². The lowest BCUT2D eigenvalue weighted by molar-refractivity contribution is 0.137. The quantitative estimate of drug-likeness (QED) is 0.538. The Morgan fingerprint density at radius 1 is 1.27 bits per heavy atom. The molecule has 0 aliphatic heterocycles. The fraction of sp³-hybridized carbons (Fsp3) is 0.286. The predicted octanol–water partition coefficient (Wildman–Crippen LogP) is 1.85. The van der Waals surface area contributed by atoms with Crippen LogP contribution in [-0.4, -0.2) is 21.4 Å². The maximum absolute atomic E-state index is 8.56. The Hall–Kier alpha value is -1.45. The third-order valence-corrected chi connectivity index (χ3v) is 0.978. The predicted molar refractivity (Wildman–Crippen MR) is 40.9 cm³/mol. The van der Waals surface area contributed by atoms with Gasteiger partial charge in [-0.15, -0.1) is 0 Å². The summed E-state index contributed by atoms with van der Waals surface area (Å²) in [6.07, 6.45) is -1.83. The van der Waals surface area contributed by atoms with E-state index in [-0.39, 0.29) is 0 Å². The number of rotatable bonds is 0. The smallest absolute Gasteiger partial charge is 0.450 e. The molecule has 0 aromatic carbocycles. The molecule has 3 N–H and O–H groups in total.